The number of carbonyl (C=O) groups is 1. The second-order valence-corrected chi connectivity index (χ2v) is 2.96. The summed E-state index contributed by atoms with van der Waals surface area (Å²) < 4.78 is 0. The molecule has 1 heterocycles. The van der Waals surface area contributed by atoms with Gasteiger partial charge in [-0.1, -0.05) is 6.08 Å². The summed E-state index contributed by atoms with van der Waals surface area (Å²) >= 11 is 0. The highest BCUT2D eigenvalue weighted by Gasteiger charge is 2.39. The molecule has 1 atom stereocenters. The average molecular weight is 152 g/mol. The van der Waals surface area contributed by atoms with Gasteiger partial charge in [-0.2, -0.15) is 5.10 Å². The molecular formula is C8H12N2O. The molecule has 0 bridgehead atoms. The Morgan fingerprint density at radius 3 is 2.82 bits per heavy atom. The predicted octanol–water partition coefficient (Wildman–Crippen LogP) is 1.07. The largest absolute Gasteiger partial charge is 0.272 e. The maximum absolute atomic E-state index is 11.2. The number of carbonyl (C=O) groups excluding carboxylic acids is 1. The zero-order valence-corrected chi connectivity index (χ0v) is 6.85. The van der Waals surface area contributed by atoms with Gasteiger partial charge in [0.15, 0.2) is 0 Å². The van der Waals surface area contributed by atoms with Crippen molar-refractivity contribution in [2.24, 2.45) is 10.5 Å². The monoisotopic (exact) mass is 152 g/mol. The minimum Gasteiger partial charge on any atom is -0.272 e. The van der Waals surface area contributed by atoms with Crippen molar-refractivity contribution in [1.29, 1.82) is 0 Å². The summed E-state index contributed by atoms with van der Waals surface area (Å²) in [5, 5.41) is 3.86. The summed E-state index contributed by atoms with van der Waals surface area (Å²) in [6.45, 7) is 7.32. The van der Waals surface area contributed by atoms with Crippen LogP contribution in [0.5, 0.6) is 0 Å². The zero-order chi connectivity index (χ0) is 8.48. The van der Waals surface area contributed by atoms with Crippen molar-refractivity contribution in [2.45, 2.75) is 20.3 Å². The number of amides is 1. The molecule has 3 nitrogen and oxygen atoms in total. The van der Waals surface area contributed by atoms with Crippen LogP contribution in [0, 0.1) is 5.41 Å². The third-order valence-electron chi connectivity index (χ3n) is 2.18. The lowest BCUT2D eigenvalue weighted by Gasteiger charge is -2.18. The molecule has 0 aromatic heterocycles. The van der Waals surface area contributed by atoms with Crippen LogP contribution in [0.25, 0.3) is 0 Å². The van der Waals surface area contributed by atoms with Gasteiger partial charge in [0, 0.05) is 0 Å². The van der Waals surface area contributed by atoms with Crippen LogP contribution in [0.1, 0.15) is 20.3 Å². The predicted molar refractivity (Wildman–Crippen MR) is 44.2 cm³/mol. The van der Waals surface area contributed by atoms with Crippen molar-refractivity contribution in [3.63, 3.8) is 0 Å². The van der Waals surface area contributed by atoms with E-state index in [0.29, 0.717) is 6.42 Å². The highest BCUT2D eigenvalue weighted by atomic mass is 16.2. The van der Waals surface area contributed by atoms with Crippen molar-refractivity contribution < 1.29 is 4.79 Å². The first-order chi connectivity index (χ1) is 5.11. The third-order valence-corrected chi connectivity index (χ3v) is 2.18. The molecule has 1 aliphatic heterocycles. The quantitative estimate of drug-likeness (QED) is 0.591. The second-order valence-electron chi connectivity index (χ2n) is 2.96. The van der Waals surface area contributed by atoms with E-state index in [2.05, 4.69) is 17.1 Å². The zero-order valence-electron chi connectivity index (χ0n) is 6.85. The third kappa shape index (κ3) is 1.06. The molecular weight excluding hydrogens is 140 g/mol. The Hall–Kier alpha value is -1.12. The van der Waals surface area contributed by atoms with Gasteiger partial charge >= 0.3 is 0 Å². The number of nitrogens with one attached hydrogen (secondary N) is 1. The first kappa shape index (κ1) is 7.98. The maximum Gasteiger partial charge on any atom is 0.252 e. The molecule has 0 unspecified atom stereocenters. The fourth-order valence-corrected chi connectivity index (χ4v) is 1.07. The van der Waals surface area contributed by atoms with Crippen molar-refractivity contribution >= 4 is 11.6 Å². The Labute approximate surface area is 66.2 Å². The van der Waals surface area contributed by atoms with Gasteiger partial charge in [-0.25, -0.2) is 5.43 Å². The Bertz CT molecular complexity index is 232. The number of nitrogens with zero attached hydrogens (tertiary/aromatic N) is 1. The van der Waals surface area contributed by atoms with Crippen LogP contribution in [0.4, 0.5) is 0 Å². The average Bonchev–Trinajstić information content (AvgIpc) is 2.19. The highest BCUT2D eigenvalue weighted by molar-refractivity contribution is 6.10. The normalized spacial score (nSPS) is 29.6. The molecule has 1 N–H and O–H groups in total. The Morgan fingerprint density at radius 2 is 2.45 bits per heavy atom. The maximum atomic E-state index is 11.2. The minimum atomic E-state index is -0.457. The van der Waals surface area contributed by atoms with Crippen LogP contribution in [0.2, 0.25) is 0 Å². The van der Waals surface area contributed by atoms with Crippen LogP contribution in [0.15, 0.2) is 17.8 Å². The number of hydrogen-bond acceptors (Lipinski definition) is 2. The molecule has 0 fully saturated rings. The van der Waals surface area contributed by atoms with Gasteiger partial charge < -0.3 is 0 Å². The van der Waals surface area contributed by atoms with Crippen molar-refractivity contribution in [3.8, 4) is 0 Å². The molecule has 0 saturated heterocycles. The molecule has 0 aliphatic carbocycles. The topological polar surface area (TPSA) is 41.5 Å². The van der Waals surface area contributed by atoms with Crippen LogP contribution in [-0.2, 0) is 4.79 Å². The Morgan fingerprint density at radius 1 is 1.82 bits per heavy atom. The lowest BCUT2D eigenvalue weighted by Crippen LogP contribution is -2.33. The van der Waals surface area contributed by atoms with Crippen molar-refractivity contribution in [3.05, 3.63) is 12.7 Å². The van der Waals surface area contributed by atoms with Crippen molar-refractivity contribution in [1.82, 2.24) is 5.43 Å². The summed E-state index contributed by atoms with van der Waals surface area (Å²) in [4.78, 5) is 11.2. The van der Waals surface area contributed by atoms with E-state index in [1.807, 2.05) is 13.8 Å². The summed E-state index contributed by atoms with van der Waals surface area (Å²) in [6, 6.07) is 0. The molecule has 1 rings (SSSR count). The van der Waals surface area contributed by atoms with Gasteiger partial charge in [0.2, 0.25) is 0 Å². The summed E-state index contributed by atoms with van der Waals surface area (Å²) in [5.41, 5.74) is 2.82. The first-order valence-corrected chi connectivity index (χ1v) is 3.57. The summed E-state index contributed by atoms with van der Waals surface area (Å²) in [7, 11) is 0. The van der Waals surface area contributed by atoms with Crippen molar-refractivity contribution in [2.75, 3.05) is 0 Å². The smallest absolute Gasteiger partial charge is 0.252 e. The van der Waals surface area contributed by atoms with E-state index < -0.39 is 5.41 Å². The molecule has 0 spiro atoms. The van der Waals surface area contributed by atoms with Gasteiger partial charge in [-0.15, -0.1) is 6.58 Å². The Kier molecular flexibility index (Phi) is 1.81. The molecule has 0 saturated carbocycles. The van der Waals surface area contributed by atoms with Gasteiger partial charge in [-0.3, -0.25) is 4.79 Å². The van der Waals surface area contributed by atoms with Gasteiger partial charge in [0.05, 0.1) is 11.1 Å². The second kappa shape index (κ2) is 2.49. The SMILES string of the molecule is C=CC[C@]1(C)C(=O)NN=C1C. The molecule has 0 aromatic rings. The number of rotatable bonds is 2. The van der Waals surface area contributed by atoms with Gasteiger partial charge in [-0.05, 0) is 20.3 Å². The van der Waals surface area contributed by atoms with Gasteiger partial charge in [0.1, 0.15) is 0 Å². The van der Waals surface area contributed by atoms with Crippen LogP contribution in [-0.4, -0.2) is 11.6 Å². The number of hydrazone groups is 1. The van der Waals surface area contributed by atoms with E-state index in [4.69, 9.17) is 0 Å². The molecule has 0 radical (unpaired) electrons. The van der Waals surface area contributed by atoms with Crippen LogP contribution >= 0.6 is 0 Å². The lowest BCUT2D eigenvalue weighted by atomic mass is 9.82. The van der Waals surface area contributed by atoms with Gasteiger partial charge in [0.25, 0.3) is 5.91 Å². The number of hydrogen-bond donors (Lipinski definition) is 1. The molecule has 11 heavy (non-hydrogen) atoms. The van der Waals surface area contributed by atoms with Crippen LogP contribution < -0.4 is 5.43 Å². The lowest BCUT2D eigenvalue weighted by molar-refractivity contribution is -0.125. The molecule has 0 aromatic carbocycles. The number of allylic oxidation sites excluding steroid dienone is 1. The fourth-order valence-electron chi connectivity index (χ4n) is 1.07. The first-order valence-electron chi connectivity index (χ1n) is 3.57. The fraction of sp³-hybridized carbons (Fsp3) is 0.500. The molecule has 3 heteroatoms. The molecule has 1 aliphatic rings. The van der Waals surface area contributed by atoms with E-state index >= 15 is 0 Å². The van der Waals surface area contributed by atoms with E-state index in [-0.39, 0.29) is 5.91 Å². The standard InChI is InChI=1S/C8H12N2O/c1-4-5-8(3)6(2)9-10-7(8)11/h4H,1,5H2,2-3H3,(H,10,11)/t8-/m0/s1. The van der Waals surface area contributed by atoms with E-state index in [0.717, 1.165) is 5.71 Å². The van der Waals surface area contributed by atoms with E-state index in [1.54, 1.807) is 6.08 Å². The Balaban J connectivity index is 2.89. The minimum absolute atomic E-state index is 0.0325. The summed E-state index contributed by atoms with van der Waals surface area (Å²) in [5.74, 6) is -0.0325. The van der Waals surface area contributed by atoms with E-state index in [9.17, 15) is 4.79 Å². The molecule has 1 amide bonds. The van der Waals surface area contributed by atoms with E-state index in [1.165, 1.54) is 0 Å². The molecule has 60 valence electrons. The van der Waals surface area contributed by atoms with Crippen LogP contribution in [0.3, 0.4) is 0 Å². The summed E-state index contributed by atoms with van der Waals surface area (Å²) in [6.07, 6.45) is 2.39. The highest BCUT2D eigenvalue weighted by Crippen LogP contribution is 2.27.